The predicted octanol–water partition coefficient (Wildman–Crippen LogP) is 0.504. The van der Waals surface area contributed by atoms with E-state index in [9.17, 15) is 4.79 Å². The molecule has 10 heavy (non-hydrogen) atoms. The van der Waals surface area contributed by atoms with Crippen molar-refractivity contribution in [1.82, 2.24) is 0 Å². The number of esters is 1. The van der Waals surface area contributed by atoms with E-state index in [1.807, 2.05) is 0 Å². The van der Waals surface area contributed by atoms with Crippen molar-refractivity contribution in [3.63, 3.8) is 0 Å². The number of carbonyl (C=O) groups excluding carboxylic acids is 1. The number of rotatable bonds is 2. The zero-order chi connectivity index (χ0) is 7.56. The number of ether oxygens (including phenoxy) is 2. The lowest BCUT2D eigenvalue weighted by Crippen LogP contribution is -2.37. The van der Waals surface area contributed by atoms with Crippen LogP contribution in [0.3, 0.4) is 0 Å². The standard InChI is InChI=1S/C7H10O3/c1-5(2)7(8)10-6-3-9-4-6/h6H,1,3-4H2,2H3. The molecule has 1 aliphatic heterocycles. The second kappa shape index (κ2) is 2.84. The van der Waals surface area contributed by atoms with E-state index >= 15 is 0 Å². The zero-order valence-electron chi connectivity index (χ0n) is 5.92. The highest BCUT2D eigenvalue weighted by Crippen LogP contribution is 2.07. The van der Waals surface area contributed by atoms with Crippen LogP contribution in [0.5, 0.6) is 0 Å². The van der Waals surface area contributed by atoms with Gasteiger partial charge in [-0.3, -0.25) is 0 Å². The molecule has 0 atom stereocenters. The van der Waals surface area contributed by atoms with Gasteiger partial charge in [0, 0.05) is 5.57 Å². The van der Waals surface area contributed by atoms with Gasteiger partial charge in [0.15, 0.2) is 0 Å². The van der Waals surface area contributed by atoms with Crippen molar-refractivity contribution >= 4 is 5.97 Å². The second-order valence-electron chi connectivity index (χ2n) is 2.35. The monoisotopic (exact) mass is 142 g/mol. The molecule has 0 aromatic carbocycles. The molecule has 0 spiro atoms. The molecule has 1 fully saturated rings. The lowest BCUT2D eigenvalue weighted by Gasteiger charge is -2.25. The maximum atomic E-state index is 10.8. The van der Waals surface area contributed by atoms with E-state index in [4.69, 9.17) is 9.47 Å². The summed E-state index contributed by atoms with van der Waals surface area (Å²) in [7, 11) is 0. The average Bonchev–Trinajstić information content (AvgIpc) is 1.77. The number of hydrogen-bond donors (Lipinski definition) is 0. The minimum absolute atomic E-state index is 0.0378. The maximum absolute atomic E-state index is 10.8. The molecule has 3 heteroatoms. The Labute approximate surface area is 59.6 Å². The molecule has 0 unspecified atom stereocenters. The molecule has 56 valence electrons. The molecule has 0 radical (unpaired) electrons. The molecule has 0 aliphatic carbocycles. The Balaban J connectivity index is 2.23. The van der Waals surface area contributed by atoms with Crippen molar-refractivity contribution in [2.75, 3.05) is 13.2 Å². The maximum Gasteiger partial charge on any atom is 0.333 e. The van der Waals surface area contributed by atoms with E-state index < -0.39 is 0 Å². The van der Waals surface area contributed by atoms with E-state index in [1.54, 1.807) is 6.92 Å². The van der Waals surface area contributed by atoms with Gasteiger partial charge < -0.3 is 9.47 Å². The Morgan fingerprint density at radius 3 is 2.60 bits per heavy atom. The van der Waals surface area contributed by atoms with Gasteiger partial charge in [-0.15, -0.1) is 0 Å². The first-order valence-electron chi connectivity index (χ1n) is 3.14. The highest BCUT2D eigenvalue weighted by atomic mass is 16.6. The fourth-order valence-electron chi connectivity index (χ4n) is 0.534. The predicted molar refractivity (Wildman–Crippen MR) is 35.5 cm³/mol. The topological polar surface area (TPSA) is 35.5 Å². The summed E-state index contributed by atoms with van der Waals surface area (Å²) in [6.45, 7) is 6.13. The highest BCUT2D eigenvalue weighted by Gasteiger charge is 2.22. The largest absolute Gasteiger partial charge is 0.454 e. The van der Waals surface area contributed by atoms with Gasteiger partial charge in [-0.1, -0.05) is 6.58 Å². The summed E-state index contributed by atoms with van der Waals surface area (Å²) in [6.07, 6.45) is -0.0378. The van der Waals surface area contributed by atoms with Crippen LogP contribution in [0.25, 0.3) is 0 Å². The van der Waals surface area contributed by atoms with Crippen molar-refractivity contribution in [2.45, 2.75) is 13.0 Å². The molecule has 0 saturated carbocycles. The third-order valence-electron chi connectivity index (χ3n) is 1.23. The minimum Gasteiger partial charge on any atom is -0.454 e. The van der Waals surface area contributed by atoms with Crippen LogP contribution >= 0.6 is 0 Å². The van der Waals surface area contributed by atoms with Crippen molar-refractivity contribution in [3.05, 3.63) is 12.2 Å². The van der Waals surface area contributed by atoms with Crippen LogP contribution in [0.15, 0.2) is 12.2 Å². The van der Waals surface area contributed by atoms with Crippen molar-refractivity contribution in [2.24, 2.45) is 0 Å². The normalized spacial score (nSPS) is 17.7. The van der Waals surface area contributed by atoms with E-state index in [2.05, 4.69) is 6.58 Å². The molecule has 1 aliphatic rings. The van der Waals surface area contributed by atoms with Gasteiger partial charge in [0.05, 0.1) is 13.2 Å². The van der Waals surface area contributed by atoms with Crippen LogP contribution in [0, 0.1) is 0 Å². The first kappa shape index (κ1) is 7.28. The molecule has 0 N–H and O–H groups in total. The lowest BCUT2D eigenvalue weighted by atomic mass is 10.3. The summed E-state index contributed by atoms with van der Waals surface area (Å²) in [5, 5.41) is 0. The van der Waals surface area contributed by atoms with Gasteiger partial charge in [0.25, 0.3) is 0 Å². The summed E-state index contributed by atoms with van der Waals surface area (Å²) >= 11 is 0. The lowest BCUT2D eigenvalue weighted by molar-refractivity contribution is -0.167. The van der Waals surface area contributed by atoms with Crippen LogP contribution in [0.4, 0.5) is 0 Å². The molecule has 1 saturated heterocycles. The Hall–Kier alpha value is -0.830. The van der Waals surface area contributed by atoms with Crippen LogP contribution in [0.2, 0.25) is 0 Å². The fourth-order valence-corrected chi connectivity index (χ4v) is 0.534. The van der Waals surface area contributed by atoms with Gasteiger partial charge in [-0.05, 0) is 6.92 Å². The summed E-state index contributed by atoms with van der Waals surface area (Å²) in [5.41, 5.74) is 0.437. The Morgan fingerprint density at radius 1 is 1.70 bits per heavy atom. The molecule has 0 aromatic rings. The summed E-state index contributed by atoms with van der Waals surface area (Å²) in [5.74, 6) is -0.326. The molecular formula is C7H10O3. The molecule has 0 amide bonds. The van der Waals surface area contributed by atoms with Crippen LogP contribution in [-0.2, 0) is 14.3 Å². The molecule has 1 heterocycles. The Morgan fingerprint density at radius 2 is 2.30 bits per heavy atom. The molecular weight excluding hydrogens is 132 g/mol. The van der Waals surface area contributed by atoms with Crippen LogP contribution < -0.4 is 0 Å². The average molecular weight is 142 g/mol. The van der Waals surface area contributed by atoms with Crippen LogP contribution in [-0.4, -0.2) is 25.3 Å². The third kappa shape index (κ3) is 1.57. The Kier molecular flexibility index (Phi) is 2.06. The fraction of sp³-hybridized carbons (Fsp3) is 0.571. The molecule has 0 aromatic heterocycles. The molecule has 1 rings (SSSR count). The van der Waals surface area contributed by atoms with Gasteiger partial charge in [-0.25, -0.2) is 4.79 Å². The molecule has 3 nitrogen and oxygen atoms in total. The number of hydrogen-bond acceptors (Lipinski definition) is 3. The summed E-state index contributed by atoms with van der Waals surface area (Å²) in [6, 6.07) is 0. The van der Waals surface area contributed by atoms with Gasteiger partial charge in [0.2, 0.25) is 0 Å². The van der Waals surface area contributed by atoms with Gasteiger partial charge >= 0.3 is 5.97 Å². The van der Waals surface area contributed by atoms with Crippen molar-refractivity contribution in [3.8, 4) is 0 Å². The SMILES string of the molecule is C=C(C)C(=O)OC1COC1. The van der Waals surface area contributed by atoms with Crippen molar-refractivity contribution in [1.29, 1.82) is 0 Å². The minimum atomic E-state index is -0.326. The van der Waals surface area contributed by atoms with E-state index in [0.717, 1.165) is 0 Å². The van der Waals surface area contributed by atoms with Crippen molar-refractivity contribution < 1.29 is 14.3 Å². The first-order valence-corrected chi connectivity index (χ1v) is 3.14. The number of carbonyl (C=O) groups is 1. The van der Waals surface area contributed by atoms with E-state index in [1.165, 1.54) is 0 Å². The third-order valence-corrected chi connectivity index (χ3v) is 1.23. The van der Waals surface area contributed by atoms with E-state index in [0.29, 0.717) is 18.8 Å². The first-order chi connectivity index (χ1) is 4.70. The Bertz CT molecular complexity index is 158. The smallest absolute Gasteiger partial charge is 0.333 e. The zero-order valence-corrected chi connectivity index (χ0v) is 5.92. The quantitative estimate of drug-likeness (QED) is 0.416. The summed E-state index contributed by atoms with van der Waals surface area (Å²) < 4.78 is 9.69. The molecule has 0 bridgehead atoms. The van der Waals surface area contributed by atoms with Gasteiger partial charge in [-0.2, -0.15) is 0 Å². The highest BCUT2D eigenvalue weighted by molar-refractivity contribution is 5.87. The van der Waals surface area contributed by atoms with Crippen LogP contribution in [0.1, 0.15) is 6.92 Å². The summed E-state index contributed by atoms with van der Waals surface area (Å²) in [4.78, 5) is 10.8. The van der Waals surface area contributed by atoms with E-state index in [-0.39, 0.29) is 12.1 Å². The second-order valence-corrected chi connectivity index (χ2v) is 2.35. The van der Waals surface area contributed by atoms with Gasteiger partial charge in [0.1, 0.15) is 6.10 Å².